The summed E-state index contributed by atoms with van der Waals surface area (Å²) in [4.78, 5) is 0. The number of benzene rings is 1. The molecule has 0 aromatic heterocycles. The molecule has 1 aromatic rings. The van der Waals surface area contributed by atoms with Gasteiger partial charge in [-0.25, -0.2) is 0 Å². The first kappa shape index (κ1) is 37.9. The average Bonchev–Trinajstić information content (AvgIpc) is 3.35. The minimum atomic E-state index is -2.12. The molecule has 6 heteroatoms. The van der Waals surface area contributed by atoms with Crippen LogP contribution in [-0.2, 0) is 17.0 Å². The second kappa shape index (κ2) is 14.1. The molecule has 250 valence electrons. The Bertz CT molecular complexity index is 1360. The van der Waals surface area contributed by atoms with E-state index in [2.05, 4.69) is 164 Å². The fraction of sp³-hybridized carbons (Fsp3) is 0.525. The summed E-state index contributed by atoms with van der Waals surface area (Å²) in [6.45, 7) is 24.4. The molecule has 4 aliphatic carbocycles. The van der Waals surface area contributed by atoms with Gasteiger partial charge in [0.05, 0.1) is 0 Å². The first-order chi connectivity index (χ1) is 21.0. The first-order valence-corrected chi connectivity index (χ1v) is 24.0. The van der Waals surface area contributed by atoms with E-state index in [-0.39, 0.29) is 30.0 Å². The molecule has 5 aliphatic rings. The molecular weight excluding hydrogens is 655 g/mol. The van der Waals surface area contributed by atoms with Crippen molar-refractivity contribution in [3.8, 4) is 0 Å². The molecule has 1 heterocycles. The van der Waals surface area contributed by atoms with E-state index in [9.17, 15) is 0 Å². The van der Waals surface area contributed by atoms with Crippen LogP contribution >= 0.6 is 18.6 Å². The fourth-order valence-corrected chi connectivity index (χ4v) is 14.6. The van der Waals surface area contributed by atoms with Crippen molar-refractivity contribution in [2.45, 2.75) is 97.7 Å². The Morgan fingerprint density at radius 1 is 0.761 bits per heavy atom. The van der Waals surface area contributed by atoms with E-state index in [0.717, 1.165) is 0 Å². The van der Waals surface area contributed by atoms with Crippen LogP contribution in [0.4, 0.5) is 0 Å². The van der Waals surface area contributed by atoms with E-state index in [1.54, 1.807) is 0 Å². The van der Waals surface area contributed by atoms with E-state index in [4.69, 9.17) is 23.9 Å². The number of rotatable bonds is 3. The minimum absolute atomic E-state index is 0. The van der Waals surface area contributed by atoms with E-state index in [0.29, 0.717) is 41.2 Å². The van der Waals surface area contributed by atoms with Crippen LogP contribution in [0.1, 0.15) is 66.9 Å². The standard InChI is InChI=1S/C39H53N2Si.CH3.2ClH.Ti/c1-37(2,3)27-20-22-30-31-23-21-28(38(4,5)6)25-33(31)36(32(30)24-27)42(9,10)41-34-19-15-14-18-29(26-16-12-11-13-17-26)35(34)40-39(41,7)8;;;;/h11-25,29-36H,1-10H3;1H3;2*1H;/q2*-1;;;+2/p-2/t29-,30?,31?,32?,33?,34-,35?,36?;;;;/m1..../s1. The van der Waals surface area contributed by atoms with Gasteiger partial charge in [-0.05, 0) is 62.7 Å². The molecule has 0 N–H and O–H groups in total. The molecule has 1 aliphatic heterocycles. The summed E-state index contributed by atoms with van der Waals surface area (Å²) in [5.41, 5.74) is 5.08. The van der Waals surface area contributed by atoms with Gasteiger partial charge in [-0.15, -0.1) is 6.04 Å². The zero-order valence-corrected chi connectivity index (χ0v) is 34.0. The summed E-state index contributed by atoms with van der Waals surface area (Å²) in [7, 11) is 7.65. The van der Waals surface area contributed by atoms with Crippen molar-refractivity contribution in [1.29, 1.82) is 0 Å². The molecule has 0 amide bonds. The van der Waals surface area contributed by atoms with Crippen LogP contribution in [0.15, 0.2) is 102 Å². The molecule has 1 saturated carbocycles. The number of hydrogen-bond acceptors (Lipinski definition) is 1. The third kappa shape index (κ3) is 7.18. The zero-order chi connectivity index (χ0) is 32.9. The maximum absolute atomic E-state index is 5.70. The molecule has 7 atom stereocenters. The van der Waals surface area contributed by atoms with E-state index >= 15 is 0 Å². The van der Waals surface area contributed by atoms with E-state index in [1.807, 2.05) is 0 Å². The van der Waals surface area contributed by atoms with Gasteiger partial charge in [0.2, 0.25) is 0 Å². The molecule has 0 spiro atoms. The van der Waals surface area contributed by atoms with Crippen molar-refractivity contribution >= 4 is 26.8 Å². The van der Waals surface area contributed by atoms with Gasteiger partial charge in [-0.2, -0.15) is 0 Å². The topological polar surface area (TPSA) is 17.3 Å². The predicted octanol–water partition coefficient (Wildman–Crippen LogP) is 12.0. The fourth-order valence-electron chi connectivity index (χ4n) is 9.31. The SMILES string of the molecule is CC(C)(C)C1=CC2C(C=C1)C1C=CC(C(C)(C)C)=CC1C2[Si](C)(C)N1[C@@H]2C=CC=C[C@H](c3ccccc3)C2[N-]C1(C)C.[CH3-].[Cl][Ti][Cl]. The molecule has 2 fully saturated rings. The Balaban J connectivity index is 0.00000116. The molecule has 46 heavy (non-hydrogen) atoms. The van der Waals surface area contributed by atoms with Crippen molar-refractivity contribution < 1.29 is 17.0 Å². The number of nitrogens with zero attached hydrogens (tertiary/aromatic N) is 2. The predicted molar refractivity (Wildman–Crippen MR) is 201 cm³/mol. The van der Waals surface area contributed by atoms with Crippen LogP contribution in [0, 0.1) is 41.9 Å². The van der Waals surface area contributed by atoms with Crippen molar-refractivity contribution in [1.82, 2.24) is 4.57 Å². The van der Waals surface area contributed by atoms with Gasteiger partial charge in [0.15, 0.2) is 0 Å². The zero-order valence-electron chi connectivity index (χ0n) is 29.9. The average molecular weight is 712 g/mol. The monoisotopic (exact) mass is 710 g/mol. The maximum atomic E-state index is 5.70. The number of hydrogen-bond donors (Lipinski definition) is 0. The molecule has 5 unspecified atom stereocenters. The number of halogens is 2. The van der Waals surface area contributed by atoms with Gasteiger partial charge < -0.3 is 17.3 Å². The molecule has 2 nitrogen and oxygen atoms in total. The third-order valence-corrected chi connectivity index (χ3v) is 15.6. The Kier molecular flexibility index (Phi) is 11.7. The summed E-state index contributed by atoms with van der Waals surface area (Å²) in [6, 6.07) is 11.6. The van der Waals surface area contributed by atoms with Gasteiger partial charge in [-0.3, -0.25) is 0 Å². The number of fused-ring (bicyclic) bond motifs is 4. The Hall–Kier alpha value is -0.909. The second-order valence-corrected chi connectivity index (χ2v) is 23.7. The van der Waals surface area contributed by atoms with Gasteiger partial charge >= 0.3 is 35.6 Å². The van der Waals surface area contributed by atoms with Crippen LogP contribution in [0.2, 0.25) is 18.6 Å². The Morgan fingerprint density at radius 3 is 1.72 bits per heavy atom. The van der Waals surface area contributed by atoms with Crippen molar-refractivity contribution in [3.63, 3.8) is 0 Å². The Morgan fingerprint density at radius 2 is 1.24 bits per heavy atom. The van der Waals surface area contributed by atoms with Crippen LogP contribution < -0.4 is 0 Å². The van der Waals surface area contributed by atoms with Crippen LogP contribution in [0.3, 0.4) is 0 Å². The molecule has 0 bridgehead atoms. The normalized spacial score (nSPS) is 33.0. The van der Waals surface area contributed by atoms with Gasteiger partial charge in [0, 0.05) is 6.04 Å². The molecule has 1 saturated heterocycles. The summed E-state index contributed by atoms with van der Waals surface area (Å²) in [6.07, 6.45) is 25.0. The summed E-state index contributed by atoms with van der Waals surface area (Å²) < 4.78 is 2.96. The Labute approximate surface area is 299 Å². The van der Waals surface area contributed by atoms with Crippen molar-refractivity contribution in [3.05, 3.63) is 121 Å². The van der Waals surface area contributed by atoms with Crippen molar-refractivity contribution in [2.24, 2.45) is 34.5 Å². The van der Waals surface area contributed by atoms with Crippen LogP contribution in [0.25, 0.3) is 5.32 Å². The second-order valence-electron chi connectivity index (χ2n) is 16.7. The van der Waals surface area contributed by atoms with Crippen LogP contribution in [0.5, 0.6) is 0 Å². The number of allylic oxidation sites excluding steroid dienone is 10. The third-order valence-electron chi connectivity index (χ3n) is 11.1. The van der Waals surface area contributed by atoms with Gasteiger partial charge in [-0.1, -0.05) is 165 Å². The molecule has 6 rings (SSSR count). The van der Waals surface area contributed by atoms with Crippen LogP contribution in [-0.4, -0.2) is 30.5 Å². The van der Waals surface area contributed by atoms with E-state index < -0.39 is 25.3 Å². The summed E-state index contributed by atoms with van der Waals surface area (Å²) in [5.74, 6) is 2.52. The molecular formula is C40H56Cl2N2SiTi-2. The van der Waals surface area contributed by atoms with Crippen molar-refractivity contribution in [2.75, 3.05) is 0 Å². The summed E-state index contributed by atoms with van der Waals surface area (Å²) >= 11 is -0.556. The quantitative estimate of drug-likeness (QED) is 0.225. The first-order valence-electron chi connectivity index (χ1n) is 16.7. The van der Waals surface area contributed by atoms with Gasteiger partial charge in [0.1, 0.15) is 8.24 Å². The molecule has 1 aromatic carbocycles. The summed E-state index contributed by atoms with van der Waals surface area (Å²) in [5, 5.41) is 5.70. The van der Waals surface area contributed by atoms with E-state index in [1.165, 1.54) is 16.7 Å². The molecule has 0 radical (unpaired) electrons. The van der Waals surface area contributed by atoms with Gasteiger partial charge in [0.25, 0.3) is 0 Å².